The van der Waals surface area contributed by atoms with Crippen molar-refractivity contribution in [2.75, 3.05) is 32.8 Å². The first-order valence-electron chi connectivity index (χ1n) is 8.02. The van der Waals surface area contributed by atoms with Crippen molar-refractivity contribution in [2.45, 2.75) is 25.9 Å². The Balaban J connectivity index is 1.40. The molecule has 1 N–H and O–H groups in total. The summed E-state index contributed by atoms with van der Waals surface area (Å²) in [4.78, 5) is 2.42. The third-order valence-corrected chi connectivity index (χ3v) is 4.71. The summed E-state index contributed by atoms with van der Waals surface area (Å²) in [6, 6.07) is 7.78. The van der Waals surface area contributed by atoms with Crippen molar-refractivity contribution in [2.24, 2.45) is 11.8 Å². The Labute approximate surface area is 126 Å². The lowest BCUT2D eigenvalue weighted by Crippen LogP contribution is -2.28. The van der Waals surface area contributed by atoms with E-state index in [0.717, 1.165) is 37.6 Å². The van der Waals surface area contributed by atoms with Crippen LogP contribution in [0.3, 0.4) is 0 Å². The number of benzene rings is 1. The molecular formula is C17H25NO3. The molecule has 3 rings (SSSR count). The van der Waals surface area contributed by atoms with Gasteiger partial charge in [0.1, 0.15) is 18.1 Å². The van der Waals surface area contributed by atoms with E-state index in [9.17, 15) is 5.11 Å². The lowest BCUT2D eigenvalue weighted by molar-refractivity contribution is 0.122. The Morgan fingerprint density at radius 3 is 2.48 bits per heavy atom. The van der Waals surface area contributed by atoms with Crippen LogP contribution in [0.15, 0.2) is 24.3 Å². The van der Waals surface area contributed by atoms with Crippen LogP contribution in [-0.2, 0) is 0 Å². The van der Waals surface area contributed by atoms with Gasteiger partial charge in [-0.15, -0.1) is 0 Å². The highest BCUT2D eigenvalue weighted by atomic mass is 16.5. The van der Waals surface area contributed by atoms with Crippen LogP contribution in [0.2, 0.25) is 0 Å². The minimum absolute atomic E-state index is 0.0768. The molecule has 0 amide bonds. The van der Waals surface area contributed by atoms with Gasteiger partial charge in [0.25, 0.3) is 0 Å². The maximum atomic E-state index is 9.92. The molecule has 0 spiro atoms. The molecule has 3 atom stereocenters. The molecule has 3 unspecified atom stereocenters. The monoisotopic (exact) mass is 291 g/mol. The standard InChI is InChI=1S/C17H25NO3/c1-2-20-14-4-6-15(7-5-14)21-10-9-18-11-13-3-8-17(19)16(13)12-18/h4-7,13,16-17,19H,2-3,8-12H2,1H3. The minimum Gasteiger partial charge on any atom is -0.494 e. The lowest BCUT2D eigenvalue weighted by Gasteiger charge is -2.18. The smallest absolute Gasteiger partial charge is 0.119 e. The molecule has 0 aromatic heterocycles. The van der Waals surface area contributed by atoms with Crippen LogP contribution in [-0.4, -0.2) is 49.0 Å². The molecule has 116 valence electrons. The molecule has 1 heterocycles. The van der Waals surface area contributed by atoms with E-state index in [2.05, 4.69) is 4.90 Å². The number of aliphatic hydroxyl groups excluding tert-OH is 1. The van der Waals surface area contributed by atoms with Crippen LogP contribution in [0.5, 0.6) is 11.5 Å². The van der Waals surface area contributed by atoms with Crippen molar-refractivity contribution in [3.05, 3.63) is 24.3 Å². The van der Waals surface area contributed by atoms with Gasteiger partial charge in [0.15, 0.2) is 0 Å². The zero-order valence-electron chi connectivity index (χ0n) is 12.7. The van der Waals surface area contributed by atoms with E-state index < -0.39 is 0 Å². The SMILES string of the molecule is CCOc1ccc(OCCN2CC3CCC(O)C3C2)cc1. The largest absolute Gasteiger partial charge is 0.494 e. The highest BCUT2D eigenvalue weighted by Crippen LogP contribution is 2.37. The van der Waals surface area contributed by atoms with Gasteiger partial charge in [-0.1, -0.05) is 0 Å². The summed E-state index contributed by atoms with van der Waals surface area (Å²) in [5.74, 6) is 2.96. The molecule has 1 aliphatic carbocycles. The second-order valence-corrected chi connectivity index (χ2v) is 6.08. The topological polar surface area (TPSA) is 41.9 Å². The van der Waals surface area contributed by atoms with Crippen LogP contribution < -0.4 is 9.47 Å². The Hall–Kier alpha value is -1.26. The normalized spacial score (nSPS) is 28.6. The van der Waals surface area contributed by atoms with Gasteiger partial charge in [0.2, 0.25) is 0 Å². The summed E-state index contributed by atoms with van der Waals surface area (Å²) < 4.78 is 11.2. The molecule has 4 heteroatoms. The van der Waals surface area contributed by atoms with E-state index in [-0.39, 0.29) is 6.10 Å². The van der Waals surface area contributed by atoms with Gasteiger partial charge in [-0.25, -0.2) is 0 Å². The van der Waals surface area contributed by atoms with Crippen LogP contribution in [0.25, 0.3) is 0 Å². The summed E-state index contributed by atoms with van der Waals surface area (Å²) in [7, 11) is 0. The second kappa shape index (κ2) is 6.67. The number of hydrogen-bond donors (Lipinski definition) is 1. The molecular weight excluding hydrogens is 266 g/mol. The summed E-state index contributed by atoms with van der Waals surface area (Å²) in [5, 5.41) is 9.92. The number of ether oxygens (including phenoxy) is 2. The predicted molar refractivity (Wildman–Crippen MR) is 81.8 cm³/mol. The van der Waals surface area contributed by atoms with Gasteiger partial charge in [-0.05, 0) is 49.9 Å². The van der Waals surface area contributed by atoms with Gasteiger partial charge < -0.3 is 14.6 Å². The summed E-state index contributed by atoms with van der Waals surface area (Å²) in [6.07, 6.45) is 2.10. The van der Waals surface area contributed by atoms with Crippen LogP contribution in [0.1, 0.15) is 19.8 Å². The van der Waals surface area contributed by atoms with Crippen LogP contribution in [0, 0.1) is 11.8 Å². The number of nitrogens with zero attached hydrogens (tertiary/aromatic N) is 1. The van der Waals surface area contributed by atoms with E-state index >= 15 is 0 Å². The number of aliphatic hydroxyl groups is 1. The van der Waals surface area contributed by atoms with Crippen molar-refractivity contribution >= 4 is 0 Å². The Kier molecular flexibility index (Phi) is 4.66. The Bertz CT molecular complexity index is 448. The summed E-state index contributed by atoms with van der Waals surface area (Å²) in [6.45, 7) is 6.44. The average Bonchev–Trinajstić information content (AvgIpc) is 3.04. The molecule has 2 aliphatic rings. The molecule has 1 aromatic carbocycles. The molecule has 0 bridgehead atoms. The van der Waals surface area contributed by atoms with Crippen molar-refractivity contribution in [1.82, 2.24) is 4.90 Å². The van der Waals surface area contributed by atoms with Gasteiger partial charge in [0, 0.05) is 25.6 Å². The van der Waals surface area contributed by atoms with E-state index in [0.29, 0.717) is 25.0 Å². The van der Waals surface area contributed by atoms with E-state index in [4.69, 9.17) is 9.47 Å². The van der Waals surface area contributed by atoms with Gasteiger partial charge in [-0.2, -0.15) is 0 Å². The lowest BCUT2D eigenvalue weighted by atomic mass is 10.00. The third kappa shape index (κ3) is 3.50. The first kappa shape index (κ1) is 14.7. The maximum Gasteiger partial charge on any atom is 0.119 e. The molecule has 1 aromatic rings. The zero-order valence-corrected chi connectivity index (χ0v) is 12.7. The molecule has 4 nitrogen and oxygen atoms in total. The zero-order chi connectivity index (χ0) is 14.7. The van der Waals surface area contributed by atoms with Crippen LogP contribution >= 0.6 is 0 Å². The second-order valence-electron chi connectivity index (χ2n) is 6.08. The molecule has 2 fully saturated rings. The molecule has 21 heavy (non-hydrogen) atoms. The first-order valence-corrected chi connectivity index (χ1v) is 8.02. The average molecular weight is 291 g/mol. The highest BCUT2D eigenvalue weighted by molar-refractivity contribution is 5.31. The van der Waals surface area contributed by atoms with E-state index in [1.807, 2.05) is 31.2 Å². The highest BCUT2D eigenvalue weighted by Gasteiger charge is 2.41. The summed E-state index contributed by atoms with van der Waals surface area (Å²) >= 11 is 0. The fourth-order valence-corrected chi connectivity index (χ4v) is 3.60. The van der Waals surface area contributed by atoms with Crippen molar-refractivity contribution < 1.29 is 14.6 Å². The molecule has 1 aliphatic heterocycles. The number of likely N-dealkylation sites (tertiary alicyclic amines) is 1. The maximum absolute atomic E-state index is 9.92. The van der Waals surface area contributed by atoms with Gasteiger partial charge in [-0.3, -0.25) is 4.90 Å². The molecule has 1 saturated carbocycles. The van der Waals surface area contributed by atoms with Gasteiger partial charge >= 0.3 is 0 Å². The van der Waals surface area contributed by atoms with Gasteiger partial charge in [0.05, 0.1) is 12.7 Å². The Morgan fingerprint density at radius 2 is 1.81 bits per heavy atom. The first-order chi connectivity index (χ1) is 10.3. The minimum atomic E-state index is -0.0768. The van der Waals surface area contributed by atoms with Crippen molar-refractivity contribution in [3.63, 3.8) is 0 Å². The number of rotatable bonds is 6. The number of hydrogen-bond acceptors (Lipinski definition) is 4. The fraction of sp³-hybridized carbons (Fsp3) is 0.647. The quantitative estimate of drug-likeness (QED) is 0.872. The molecule has 1 saturated heterocycles. The fourth-order valence-electron chi connectivity index (χ4n) is 3.60. The van der Waals surface area contributed by atoms with E-state index in [1.165, 1.54) is 6.42 Å². The van der Waals surface area contributed by atoms with Crippen molar-refractivity contribution in [1.29, 1.82) is 0 Å². The summed E-state index contributed by atoms with van der Waals surface area (Å²) in [5.41, 5.74) is 0. The predicted octanol–water partition coefficient (Wildman–Crippen LogP) is 2.17. The van der Waals surface area contributed by atoms with Crippen molar-refractivity contribution in [3.8, 4) is 11.5 Å². The third-order valence-electron chi connectivity index (χ3n) is 4.71. The van der Waals surface area contributed by atoms with E-state index in [1.54, 1.807) is 0 Å². The van der Waals surface area contributed by atoms with Crippen LogP contribution in [0.4, 0.5) is 0 Å². The Morgan fingerprint density at radius 1 is 1.10 bits per heavy atom. The molecule has 0 radical (unpaired) electrons. The number of fused-ring (bicyclic) bond motifs is 1.